The summed E-state index contributed by atoms with van der Waals surface area (Å²) in [5, 5.41) is 13.2. The van der Waals surface area contributed by atoms with Gasteiger partial charge in [0.1, 0.15) is 6.10 Å². The summed E-state index contributed by atoms with van der Waals surface area (Å²) in [6.07, 6.45) is -0.584. The SMILES string of the molecule is O=C(C(O)Cc1cccc(Br)c1)N1CCNCC1. The van der Waals surface area contributed by atoms with Gasteiger partial charge >= 0.3 is 0 Å². The first-order valence-electron chi connectivity index (χ1n) is 6.09. The van der Waals surface area contributed by atoms with E-state index in [1.165, 1.54) is 0 Å². The smallest absolute Gasteiger partial charge is 0.251 e. The van der Waals surface area contributed by atoms with Crippen molar-refractivity contribution < 1.29 is 9.90 Å². The molecular formula is C13H17BrN2O2. The molecule has 1 atom stereocenters. The van der Waals surface area contributed by atoms with Gasteiger partial charge in [0.05, 0.1) is 0 Å². The van der Waals surface area contributed by atoms with E-state index in [2.05, 4.69) is 21.2 Å². The minimum Gasteiger partial charge on any atom is -0.383 e. The minimum atomic E-state index is -0.947. The lowest BCUT2D eigenvalue weighted by Crippen LogP contribution is -2.50. The molecule has 1 unspecified atom stereocenters. The summed E-state index contributed by atoms with van der Waals surface area (Å²) in [6.45, 7) is 2.95. The van der Waals surface area contributed by atoms with Gasteiger partial charge in [0, 0.05) is 37.1 Å². The van der Waals surface area contributed by atoms with E-state index < -0.39 is 6.10 Å². The number of aliphatic hydroxyl groups is 1. The van der Waals surface area contributed by atoms with E-state index in [4.69, 9.17) is 0 Å². The lowest BCUT2D eigenvalue weighted by atomic mass is 10.1. The Morgan fingerprint density at radius 2 is 2.17 bits per heavy atom. The monoisotopic (exact) mass is 312 g/mol. The van der Waals surface area contributed by atoms with Crippen molar-refractivity contribution in [3.05, 3.63) is 34.3 Å². The standard InChI is InChI=1S/C13H17BrN2O2/c14-11-3-1-2-10(8-11)9-12(17)13(18)16-6-4-15-5-7-16/h1-3,8,12,15,17H,4-7,9H2. The zero-order valence-electron chi connectivity index (χ0n) is 10.1. The summed E-state index contributed by atoms with van der Waals surface area (Å²) in [5.74, 6) is -0.170. The Bertz CT molecular complexity index is 419. The molecule has 2 rings (SSSR count). The van der Waals surface area contributed by atoms with Crippen LogP contribution in [0.4, 0.5) is 0 Å². The van der Waals surface area contributed by atoms with Crippen molar-refractivity contribution in [2.24, 2.45) is 0 Å². The number of piperazine rings is 1. The molecule has 1 aromatic carbocycles. The number of nitrogens with zero attached hydrogens (tertiary/aromatic N) is 1. The molecule has 1 saturated heterocycles. The maximum Gasteiger partial charge on any atom is 0.251 e. The zero-order valence-corrected chi connectivity index (χ0v) is 11.7. The number of hydrogen-bond acceptors (Lipinski definition) is 3. The highest BCUT2D eigenvalue weighted by molar-refractivity contribution is 9.10. The van der Waals surface area contributed by atoms with Gasteiger partial charge in [-0.15, -0.1) is 0 Å². The molecule has 1 heterocycles. The summed E-state index contributed by atoms with van der Waals surface area (Å²) < 4.78 is 0.960. The fraction of sp³-hybridized carbons (Fsp3) is 0.462. The molecule has 1 aliphatic heterocycles. The van der Waals surface area contributed by atoms with Crippen LogP contribution in [0.3, 0.4) is 0 Å². The largest absolute Gasteiger partial charge is 0.383 e. The van der Waals surface area contributed by atoms with Crippen LogP contribution in [-0.4, -0.2) is 48.2 Å². The third kappa shape index (κ3) is 3.54. The van der Waals surface area contributed by atoms with Crippen LogP contribution in [0.5, 0.6) is 0 Å². The van der Waals surface area contributed by atoms with Gasteiger partial charge in [-0.3, -0.25) is 4.79 Å². The van der Waals surface area contributed by atoms with Crippen LogP contribution in [0.15, 0.2) is 28.7 Å². The van der Waals surface area contributed by atoms with Gasteiger partial charge < -0.3 is 15.3 Å². The number of rotatable bonds is 3. The van der Waals surface area contributed by atoms with Crippen molar-refractivity contribution in [3.63, 3.8) is 0 Å². The average molecular weight is 313 g/mol. The Balaban J connectivity index is 1.94. The van der Waals surface area contributed by atoms with Gasteiger partial charge in [0.25, 0.3) is 5.91 Å². The summed E-state index contributed by atoms with van der Waals surface area (Å²) in [6, 6.07) is 7.67. The fourth-order valence-electron chi connectivity index (χ4n) is 2.07. The first-order chi connectivity index (χ1) is 8.66. The van der Waals surface area contributed by atoms with Crippen molar-refractivity contribution >= 4 is 21.8 Å². The number of hydrogen-bond donors (Lipinski definition) is 2. The zero-order chi connectivity index (χ0) is 13.0. The van der Waals surface area contributed by atoms with E-state index in [-0.39, 0.29) is 5.91 Å². The van der Waals surface area contributed by atoms with E-state index in [1.807, 2.05) is 24.3 Å². The second kappa shape index (κ2) is 6.31. The number of carbonyl (C=O) groups is 1. The number of amides is 1. The highest BCUT2D eigenvalue weighted by atomic mass is 79.9. The van der Waals surface area contributed by atoms with Crippen molar-refractivity contribution in [1.29, 1.82) is 0 Å². The van der Waals surface area contributed by atoms with Gasteiger partial charge in [-0.1, -0.05) is 28.1 Å². The quantitative estimate of drug-likeness (QED) is 0.867. The predicted octanol–water partition coefficient (Wildman–Crippen LogP) is 0.784. The topological polar surface area (TPSA) is 52.6 Å². The molecule has 1 aromatic rings. The molecule has 0 saturated carbocycles. The van der Waals surface area contributed by atoms with Crippen LogP contribution in [0.1, 0.15) is 5.56 Å². The number of nitrogens with one attached hydrogen (secondary N) is 1. The molecule has 2 N–H and O–H groups in total. The predicted molar refractivity (Wildman–Crippen MR) is 73.3 cm³/mol. The van der Waals surface area contributed by atoms with E-state index in [0.29, 0.717) is 19.5 Å². The van der Waals surface area contributed by atoms with Crippen LogP contribution in [0.2, 0.25) is 0 Å². The van der Waals surface area contributed by atoms with Crippen molar-refractivity contribution in [2.45, 2.75) is 12.5 Å². The molecule has 0 spiro atoms. The van der Waals surface area contributed by atoms with Crippen LogP contribution < -0.4 is 5.32 Å². The lowest BCUT2D eigenvalue weighted by molar-refractivity contribution is -0.140. The van der Waals surface area contributed by atoms with E-state index in [1.54, 1.807) is 4.90 Å². The Kier molecular flexibility index (Phi) is 4.74. The molecule has 1 amide bonds. The number of benzene rings is 1. The lowest BCUT2D eigenvalue weighted by Gasteiger charge is -2.29. The molecule has 4 nitrogen and oxygen atoms in total. The molecule has 5 heteroatoms. The van der Waals surface area contributed by atoms with Gasteiger partial charge in [0.2, 0.25) is 0 Å². The third-order valence-electron chi connectivity index (χ3n) is 3.03. The van der Waals surface area contributed by atoms with Gasteiger partial charge in [-0.05, 0) is 17.7 Å². The minimum absolute atomic E-state index is 0.170. The van der Waals surface area contributed by atoms with Gasteiger partial charge in [0.15, 0.2) is 0 Å². The van der Waals surface area contributed by atoms with E-state index in [9.17, 15) is 9.90 Å². The van der Waals surface area contributed by atoms with Crippen LogP contribution >= 0.6 is 15.9 Å². The molecule has 1 aliphatic rings. The van der Waals surface area contributed by atoms with Crippen molar-refractivity contribution in [1.82, 2.24) is 10.2 Å². The van der Waals surface area contributed by atoms with Crippen LogP contribution in [-0.2, 0) is 11.2 Å². The number of aliphatic hydroxyl groups excluding tert-OH is 1. The van der Waals surface area contributed by atoms with Crippen molar-refractivity contribution in [3.8, 4) is 0 Å². The van der Waals surface area contributed by atoms with E-state index in [0.717, 1.165) is 23.1 Å². The summed E-state index contributed by atoms with van der Waals surface area (Å²) >= 11 is 3.38. The highest BCUT2D eigenvalue weighted by Crippen LogP contribution is 2.14. The number of halogens is 1. The molecule has 0 aromatic heterocycles. The summed E-state index contributed by atoms with van der Waals surface area (Å²) in [7, 11) is 0. The maximum atomic E-state index is 12.0. The number of carbonyl (C=O) groups excluding carboxylic acids is 1. The normalized spacial score (nSPS) is 17.6. The maximum absolute atomic E-state index is 12.0. The van der Waals surface area contributed by atoms with Crippen LogP contribution in [0, 0.1) is 0 Å². The molecule has 0 aliphatic carbocycles. The Morgan fingerprint density at radius 3 is 2.83 bits per heavy atom. The average Bonchev–Trinajstić information content (AvgIpc) is 2.39. The van der Waals surface area contributed by atoms with E-state index >= 15 is 0 Å². The second-order valence-electron chi connectivity index (χ2n) is 4.43. The molecule has 1 fully saturated rings. The first-order valence-corrected chi connectivity index (χ1v) is 6.88. The molecular weight excluding hydrogens is 296 g/mol. The molecule has 0 radical (unpaired) electrons. The molecule has 18 heavy (non-hydrogen) atoms. The summed E-state index contributed by atoms with van der Waals surface area (Å²) in [5.41, 5.74) is 0.959. The second-order valence-corrected chi connectivity index (χ2v) is 5.34. The Morgan fingerprint density at radius 1 is 1.44 bits per heavy atom. The Hall–Kier alpha value is -0.910. The third-order valence-corrected chi connectivity index (χ3v) is 3.53. The molecule has 98 valence electrons. The van der Waals surface area contributed by atoms with Crippen LogP contribution in [0.25, 0.3) is 0 Å². The Labute approximate surface area is 115 Å². The fourth-order valence-corrected chi connectivity index (χ4v) is 2.52. The summed E-state index contributed by atoms with van der Waals surface area (Å²) in [4.78, 5) is 13.7. The first kappa shape index (κ1) is 13.5. The molecule has 0 bridgehead atoms. The van der Waals surface area contributed by atoms with Gasteiger partial charge in [-0.25, -0.2) is 0 Å². The van der Waals surface area contributed by atoms with Crippen molar-refractivity contribution in [2.75, 3.05) is 26.2 Å². The van der Waals surface area contributed by atoms with Gasteiger partial charge in [-0.2, -0.15) is 0 Å². The highest BCUT2D eigenvalue weighted by Gasteiger charge is 2.23.